The fraction of sp³-hybridized carbons (Fsp3) is 0.364. The molecule has 14 heavy (non-hydrogen) atoms. The van der Waals surface area contributed by atoms with Gasteiger partial charge in [-0.15, -0.1) is 0 Å². The Kier molecular flexibility index (Phi) is 3.53. The molecule has 0 bridgehead atoms. The Bertz CT molecular complexity index is 347. The van der Waals surface area contributed by atoms with Gasteiger partial charge in [0.25, 0.3) is 0 Å². The predicted octanol–water partition coefficient (Wildman–Crippen LogP) is 3.89. The standard InChI is InChI=1S/C11H14ClNO/c1-7(2)9-5-4-8(3)10(6-9)13-11(12)14/h4-7H,1-3H3,(H,13,14). The Labute approximate surface area is 89.3 Å². The van der Waals surface area contributed by atoms with Crippen molar-refractivity contribution in [3.63, 3.8) is 0 Å². The molecule has 1 amide bonds. The first-order chi connectivity index (χ1) is 6.50. The van der Waals surface area contributed by atoms with Crippen LogP contribution in [0.3, 0.4) is 0 Å². The summed E-state index contributed by atoms with van der Waals surface area (Å²) < 4.78 is 0. The molecule has 0 atom stereocenters. The van der Waals surface area contributed by atoms with Gasteiger partial charge >= 0.3 is 5.37 Å². The minimum atomic E-state index is -0.547. The number of hydrogen-bond donors (Lipinski definition) is 1. The van der Waals surface area contributed by atoms with E-state index in [2.05, 4.69) is 25.2 Å². The minimum Gasteiger partial charge on any atom is -0.312 e. The smallest absolute Gasteiger partial charge is 0.312 e. The summed E-state index contributed by atoms with van der Waals surface area (Å²) in [5, 5.41) is 2.05. The molecular formula is C11H14ClNO. The van der Waals surface area contributed by atoms with Crippen molar-refractivity contribution in [3.05, 3.63) is 29.3 Å². The van der Waals surface area contributed by atoms with Gasteiger partial charge in [0.2, 0.25) is 0 Å². The van der Waals surface area contributed by atoms with Gasteiger partial charge < -0.3 is 5.32 Å². The number of anilines is 1. The molecule has 1 aromatic rings. The Hall–Kier alpha value is -1.02. The summed E-state index contributed by atoms with van der Waals surface area (Å²) in [5.74, 6) is 0.446. The fourth-order valence-corrected chi connectivity index (χ4v) is 1.34. The van der Waals surface area contributed by atoms with E-state index in [9.17, 15) is 4.79 Å². The van der Waals surface area contributed by atoms with Crippen molar-refractivity contribution in [1.29, 1.82) is 0 Å². The second-order valence-electron chi connectivity index (χ2n) is 3.63. The molecule has 1 aromatic carbocycles. The number of nitrogens with one attached hydrogen (secondary N) is 1. The van der Waals surface area contributed by atoms with Gasteiger partial charge in [0.1, 0.15) is 0 Å². The normalized spacial score (nSPS) is 10.4. The SMILES string of the molecule is Cc1ccc(C(C)C)cc1NC(=O)Cl. The topological polar surface area (TPSA) is 29.1 Å². The Morgan fingerprint density at radius 2 is 2.07 bits per heavy atom. The minimum absolute atomic E-state index is 0.446. The monoisotopic (exact) mass is 211 g/mol. The van der Waals surface area contributed by atoms with Crippen LogP contribution in [0.15, 0.2) is 18.2 Å². The van der Waals surface area contributed by atoms with E-state index in [0.717, 1.165) is 11.3 Å². The highest BCUT2D eigenvalue weighted by atomic mass is 35.5. The van der Waals surface area contributed by atoms with E-state index in [1.165, 1.54) is 5.56 Å². The fourth-order valence-electron chi connectivity index (χ4n) is 1.24. The van der Waals surface area contributed by atoms with E-state index < -0.39 is 5.37 Å². The zero-order valence-corrected chi connectivity index (χ0v) is 9.35. The largest absolute Gasteiger partial charge is 0.318 e. The first-order valence-electron chi connectivity index (χ1n) is 4.57. The van der Waals surface area contributed by atoms with Crippen molar-refractivity contribution in [1.82, 2.24) is 0 Å². The van der Waals surface area contributed by atoms with E-state index in [0.29, 0.717) is 5.92 Å². The van der Waals surface area contributed by atoms with E-state index >= 15 is 0 Å². The lowest BCUT2D eigenvalue weighted by atomic mass is 10.0. The third kappa shape index (κ3) is 2.74. The number of halogens is 1. The number of aryl methyl sites for hydroxylation is 1. The summed E-state index contributed by atoms with van der Waals surface area (Å²) in [4.78, 5) is 10.7. The number of carbonyl (C=O) groups is 1. The maximum absolute atomic E-state index is 10.7. The van der Waals surface area contributed by atoms with Crippen LogP contribution >= 0.6 is 11.6 Å². The van der Waals surface area contributed by atoms with Crippen molar-refractivity contribution in [2.75, 3.05) is 5.32 Å². The molecule has 0 saturated heterocycles. The zero-order valence-electron chi connectivity index (χ0n) is 8.60. The van der Waals surface area contributed by atoms with Gasteiger partial charge in [0, 0.05) is 5.69 Å². The molecule has 0 aliphatic carbocycles. The second kappa shape index (κ2) is 4.47. The Morgan fingerprint density at radius 3 is 2.57 bits per heavy atom. The lowest BCUT2D eigenvalue weighted by Crippen LogP contribution is -2.03. The van der Waals surface area contributed by atoms with Crippen molar-refractivity contribution in [3.8, 4) is 0 Å². The van der Waals surface area contributed by atoms with Gasteiger partial charge in [-0.3, -0.25) is 4.79 Å². The van der Waals surface area contributed by atoms with Gasteiger partial charge in [-0.1, -0.05) is 26.0 Å². The van der Waals surface area contributed by atoms with Crippen molar-refractivity contribution < 1.29 is 4.79 Å². The molecule has 0 aliphatic rings. The molecule has 76 valence electrons. The van der Waals surface area contributed by atoms with Crippen LogP contribution in [0.2, 0.25) is 0 Å². The molecule has 1 rings (SSSR count). The van der Waals surface area contributed by atoms with Gasteiger partial charge in [0.15, 0.2) is 0 Å². The van der Waals surface area contributed by atoms with Crippen LogP contribution in [-0.2, 0) is 0 Å². The summed E-state index contributed by atoms with van der Waals surface area (Å²) in [6, 6.07) is 6.00. The molecular weight excluding hydrogens is 198 g/mol. The van der Waals surface area contributed by atoms with Gasteiger partial charge in [-0.05, 0) is 41.6 Å². The van der Waals surface area contributed by atoms with E-state index in [-0.39, 0.29) is 0 Å². The summed E-state index contributed by atoms with van der Waals surface area (Å²) in [5.41, 5.74) is 3.00. The van der Waals surface area contributed by atoms with Crippen LogP contribution in [-0.4, -0.2) is 5.37 Å². The number of hydrogen-bond acceptors (Lipinski definition) is 1. The maximum Gasteiger partial charge on any atom is 0.318 e. The molecule has 0 radical (unpaired) electrons. The average Bonchev–Trinajstić information content (AvgIpc) is 2.07. The molecule has 1 N–H and O–H groups in total. The molecule has 0 aromatic heterocycles. The highest BCUT2D eigenvalue weighted by molar-refractivity contribution is 6.65. The first kappa shape index (κ1) is 11.1. The Morgan fingerprint density at radius 1 is 1.43 bits per heavy atom. The number of carbonyl (C=O) groups excluding carboxylic acids is 1. The lowest BCUT2D eigenvalue weighted by Gasteiger charge is -2.10. The Balaban J connectivity index is 3.02. The molecule has 0 saturated carbocycles. The van der Waals surface area contributed by atoms with Gasteiger partial charge in [-0.25, -0.2) is 0 Å². The molecule has 0 aliphatic heterocycles. The summed E-state index contributed by atoms with van der Waals surface area (Å²) in [6.45, 7) is 6.15. The summed E-state index contributed by atoms with van der Waals surface area (Å²) in [6.07, 6.45) is 0. The summed E-state index contributed by atoms with van der Waals surface area (Å²) >= 11 is 5.27. The average molecular weight is 212 g/mol. The van der Waals surface area contributed by atoms with Crippen LogP contribution in [0.1, 0.15) is 30.9 Å². The third-order valence-electron chi connectivity index (χ3n) is 2.16. The molecule has 0 heterocycles. The number of benzene rings is 1. The van der Waals surface area contributed by atoms with Crippen molar-refractivity contribution in [2.45, 2.75) is 26.7 Å². The maximum atomic E-state index is 10.7. The van der Waals surface area contributed by atoms with Crippen LogP contribution in [0, 0.1) is 6.92 Å². The van der Waals surface area contributed by atoms with Gasteiger partial charge in [0.05, 0.1) is 0 Å². The highest BCUT2D eigenvalue weighted by Gasteiger charge is 2.05. The van der Waals surface area contributed by atoms with Gasteiger partial charge in [-0.2, -0.15) is 0 Å². The quantitative estimate of drug-likeness (QED) is 0.584. The molecule has 0 unspecified atom stereocenters. The van der Waals surface area contributed by atoms with E-state index in [1.807, 2.05) is 19.1 Å². The van der Waals surface area contributed by atoms with Crippen LogP contribution in [0.4, 0.5) is 10.5 Å². The molecule has 3 heteroatoms. The predicted molar refractivity (Wildman–Crippen MR) is 60.1 cm³/mol. The second-order valence-corrected chi connectivity index (χ2v) is 3.97. The van der Waals surface area contributed by atoms with Crippen molar-refractivity contribution in [2.24, 2.45) is 0 Å². The third-order valence-corrected chi connectivity index (χ3v) is 2.26. The van der Waals surface area contributed by atoms with Crippen LogP contribution < -0.4 is 5.32 Å². The van der Waals surface area contributed by atoms with Crippen LogP contribution in [0.25, 0.3) is 0 Å². The lowest BCUT2D eigenvalue weighted by molar-refractivity contribution is 0.269. The molecule has 0 spiro atoms. The summed E-state index contributed by atoms with van der Waals surface area (Å²) in [7, 11) is 0. The number of rotatable bonds is 2. The van der Waals surface area contributed by atoms with E-state index in [4.69, 9.17) is 11.6 Å². The van der Waals surface area contributed by atoms with Crippen LogP contribution in [0.5, 0.6) is 0 Å². The van der Waals surface area contributed by atoms with E-state index in [1.54, 1.807) is 0 Å². The highest BCUT2D eigenvalue weighted by Crippen LogP contribution is 2.22. The number of amides is 1. The molecule has 2 nitrogen and oxygen atoms in total. The zero-order chi connectivity index (χ0) is 10.7. The molecule has 0 fully saturated rings. The first-order valence-corrected chi connectivity index (χ1v) is 4.95. The van der Waals surface area contributed by atoms with Crippen molar-refractivity contribution >= 4 is 22.7 Å².